The van der Waals surface area contributed by atoms with E-state index in [1.165, 1.54) is 48.8 Å². The molecule has 52 heavy (non-hydrogen) atoms. The molecule has 2 heterocycles. The van der Waals surface area contributed by atoms with Crippen molar-refractivity contribution in [2.75, 3.05) is 0 Å². The highest BCUT2D eigenvalue weighted by molar-refractivity contribution is 6.20. The topological polar surface area (TPSA) is 38.7 Å². The zero-order valence-electron chi connectivity index (χ0n) is 28.2. The first kappa shape index (κ1) is 29.9. The Morgan fingerprint density at radius 1 is 0.308 bits per heavy atom. The smallest absolute Gasteiger partial charge is 0.160 e. The zero-order chi connectivity index (χ0) is 34.4. The van der Waals surface area contributed by atoms with Gasteiger partial charge in [0.05, 0.1) is 11.4 Å². The van der Waals surface area contributed by atoms with Gasteiger partial charge in [-0.25, -0.2) is 9.97 Å². The Bertz CT molecular complexity index is 2930. The van der Waals surface area contributed by atoms with E-state index >= 15 is 0 Å². The number of hydrogen-bond acceptors (Lipinski definition) is 3. The molecule has 0 unspecified atom stereocenters. The quantitative estimate of drug-likeness (QED) is 0.136. The summed E-state index contributed by atoms with van der Waals surface area (Å²) in [5.41, 5.74) is 9.48. The third kappa shape index (κ3) is 5.19. The van der Waals surface area contributed by atoms with Crippen LogP contribution in [-0.4, -0.2) is 15.0 Å². The van der Waals surface area contributed by atoms with E-state index < -0.39 is 0 Å². The fraction of sp³-hybridized carbons (Fsp3) is 0. The van der Waals surface area contributed by atoms with E-state index in [0.29, 0.717) is 5.82 Å². The average molecular weight is 662 g/mol. The van der Waals surface area contributed by atoms with Crippen molar-refractivity contribution in [1.29, 1.82) is 0 Å². The minimum absolute atomic E-state index is 0.700. The van der Waals surface area contributed by atoms with Crippen molar-refractivity contribution in [2.24, 2.45) is 0 Å². The fourth-order valence-electron chi connectivity index (χ4n) is 7.57. The maximum atomic E-state index is 5.12. The highest BCUT2D eigenvalue weighted by atomic mass is 14.9. The Hall–Kier alpha value is -6.97. The molecule has 0 atom stereocenters. The summed E-state index contributed by atoms with van der Waals surface area (Å²) >= 11 is 0. The van der Waals surface area contributed by atoms with Gasteiger partial charge in [-0.05, 0) is 66.5 Å². The van der Waals surface area contributed by atoms with Gasteiger partial charge in [0.1, 0.15) is 0 Å². The lowest BCUT2D eigenvalue weighted by molar-refractivity contribution is 1.18. The molecule has 0 aliphatic rings. The molecule has 242 valence electrons. The first-order valence-electron chi connectivity index (χ1n) is 17.6. The second-order valence-electron chi connectivity index (χ2n) is 13.2. The molecule has 0 bridgehead atoms. The molecular weight excluding hydrogens is 631 g/mol. The number of pyridine rings is 1. The van der Waals surface area contributed by atoms with Gasteiger partial charge >= 0.3 is 0 Å². The molecule has 2 aromatic heterocycles. The molecule has 3 nitrogen and oxygen atoms in total. The van der Waals surface area contributed by atoms with Gasteiger partial charge in [0, 0.05) is 40.0 Å². The minimum Gasteiger partial charge on any atom is -0.263 e. The summed E-state index contributed by atoms with van der Waals surface area (Å²) in [5, 5.41) is 9.85. The first-order valence-corrected chi connectivity index (χ1v) is 17.6. The van der Waals surface area contributed by atoms with Crippen LogP contribution in [0.1, 0.15) is 0 Å². The fourth-order valence-corrected chi connectivity index (χ4v) is 7.57. The molecule has 0 saturated heterocycles. The van der Waals surface area contributed by atoms with E-state index in [-0.39, 0.29) is 0 Å². The number of benzene rings is 8. The van der Waals surface area contributed by atoms with Crippen molar-refractivity contribution in [3.05, 3.63) is 188 Å². The van der Waals surface area contributed by atoms with Crippen LogP contribution < -0.4 is 0 Å². The summed E-state index contributed by atoms with van der Waals surface area (Å²) in [4.78, 5) is 14.7. The molecule has 8 aromatic carbocycles. The number of hydrogen-bond donors (Lipinski definition) is 0. The lowest BCUT2D eigenvalue weighted by Gasteiger charge is -2.15. The average Bonchev–Trinajstić information content (AvgIpc) is 3.23. The molecule has 0 aliphatic heterocycles. The van der Waals surface area contributed by atoms with E-state index in [9.17, 15) is 0 Å². The van der Waals surface area contributed by atoms with Gasteiger partial charge in [-0.1, -0.05) is 164 Å². The molecule has 0 saturated carbocycles. The molecule has 0 spiro atoms. The van der Waals surface area contributed by atoms with E-state index in [4.69, 9.17) is 9.97 Å². The molecular formula is C49H31N3. The standard InChI is InChI=1S/C49H31N3/c1-2-11-37(12-3-1)49-51-46(34-20-18-33(19-21-34)45-31-50-30-39-14-6-8-16-41(39)45)29-47(52-49)35-22-24-36(25-23-35)48-42-17-9-5-13-38(42)28-44-40-15-7-4-10-32(40)26-27-43(44)48/h1-31H. The first-order chi connectivity index (χ1) is 25.8. The minimum atomic E-state index is 0.700. The predicted molar refractivity (Wildman–Crippen MR) is 217 cm³/mol. The van der Waals surface area contributed by atoms with Crippen LogP contribution in [-0.2, 0) is 0 Å². The van der Waals surface area contributed by atoms with Gasteiger partial charge in [0.25, 0.3) is 0 Å². The Kier molecular flexibility index (Phi) is 7.14. The molecule has 0 aliphatic carbocycles. The van der Waals surface area contributed by atoms with Gasteiger partial charge in [0.15, 0.2) is 5.82 Å². The summed E-state index contributed by atoms with van der Waals surface area (Å²) < 4.78 is 0. The van der Waals surface area contributed by atoms with Crippen molar-refractivity contribution in [3.63, 3.8) is 0 Å². The maximum absolute atomic E-state index is 5.12. The van der Waals surface area contributed by atoms with Crippen LogP contribution in [0.15, 0.2) is 188 Å². The highest BCUT2D eigenvalue weighted by Gasteiger charge is 2.15. The van der Waals surface area contributed by atoms with Gasteiger partial charge in [-0.3, -0.25) is 4.98 Å². The Labute approximate surface area is 301 Å². The third-order valence-electron chi connectivity index (χ3n) is 10.2. The summed E-state index contributed by atoms with van der Waals surface area (Å²) in [6.07, 6.45) is 3.86. The molecule has 10 rings (SSSR count). The molecule has 10 aromatic rings. The highest BCUT2D eigenvalue weighted by Crippen LogP contribution is 2.40. The second-order valence-corrected chi connectivity index (χ2v) is 13.2. The zero-order valence-corrected chi connectivity index (χ0v) is 28.2. The molecule has 0 amide bonds. The Morgan fingerprint density at radius 3 is 1.62 bits per heavy atom. The van der Waals surface area contributed by atoms with E-state index in [1.54, 1.807) is 0 Å². The SMILES string of the molecule is c1ccc(-c2nc(-c3ccc(-c4cncc5ccccc45)cc3)cc(-c3ccc(-c4c5ccccc5cc5c4ccc4ccccc45)cc3)n2)cc1. The van der Waals surface area contributed by atoms with Crippen molar-refractivity contribution in [1.82, 2.24) is 15.0 Å². The van der Waals surface area contributed by atoms with Gasteiger partial charge in [-0.15, -0.1) is 0 Å². The van der Waals surface area contributed by atoms with Gasteiger partial charge in [0.2, 0.25) is 0 Å². The van der Waals surface area contributed by atoms with Gasteiger partial charge < -0.3 is 0 Å². The summed E-state index contributed by atoms with van der Waals surface area (Å²) in [6, 6.07) is 62.4. The third-order valence-corrected chi connectivity index (χ3v) is 10.2. The second kappa shape index (κ2) is 12.4. The summed E-state index contributed by atoms with van der Waals surface area (Å²) in [6.45, 7) is 0. The maximum Gasteiger partial charge on any atom is 0.160 e. The van der Waals surface area contributed by atoms with Crippen molar-refractivity contribution in [3.8, 4) is 56.2 Å². The lowest BCUT2D eigenvalue weighted by atomic mass is 9.89. The predicted octanol–water partition coefficient (Wildman–Crippen LogP) is 12.8. The molecule has 0 radical (unpaired) electrons. The van der Waals surface area contributed by atoms with Gasteiger partial charge in [-0.2, -0.15) is 0 Å². The number of fused-ring (bicyclic) bond motifs is 5. The molecule has 0 N–H and O–H groups in total. The Balaban J connectivity index is 1.08. The van der Waals surface area contributed by atoms with Crippen molar-refractivity contribution in [2.45, 2.75) is 0 Å². The van der Waals surface area contributed by atoms with Crippen LogP contribution in [0.5, 0.6) is 0 Å². The van der Waals surface area contributed by atoms with Crippen molar-refractivity contribution < 1.29 is 0 Å². The van der Waals surface area contributed by atoms with Crippen LogP contribution in [0, 0.1) is 0 Å². The normalized spacial score (nSPS) is 11.5. The number of rotatable bonds is 5. The van der Waals surface area contributed by atoms with Crippen LogP contribution in [0.3, 0.4) is 0 Å². The molecule has 0 fully saturated rings. The van der Waals surface area contributed by atoms with E-state index in [0.717, 1.165) is 44.6 Å². The number of nitrogens with zero attached hydrogens (tertiary/aromatic N) is 3. The van der Waals surface area contributed by atoms with E-state index in [1.807, 2.05) is 30.6 Å². The lowest BCUT2D eigenvalue weighted by Crippen LogP contribution is -1.96. The van der Waals surface area contributed by atoms with E-state index in [2.05, 4.69) is 163 Å². The molecule has 3 heteroatoms. The Morgan fingerprint density at radius 2 is 0.885 bits per heavy atom. The van der Waals surface area contributed by atoms with Crippen LogP contribution in [0.4, 0.5) is 0 Å². The number of aromatic nitrogens is 3. The van der Waals surface area contributed by atoms with Crippen molar-refractivity contribution >= 4 is 43.1 Å². The van der Waals surface area contributed by atoms with Crippen LogP contribution >= 0.6 is 0 Å². The largest absolute Gasteiger partial charge is 0.263 e. The monoisotopic (exact) mass is 661 g/mol. The summed E-state index contributed by atoms with van der Waals surface area (Å²) in [7, 11) is 0. The summed E-state index contributed by atoms with van der Waals surface area (Å²) in [5.74, 6) is 0.700. The van der Waals surface area contributed by atoms with Crippen LogP contribution in [0.25, 0.3) is 99.2 Å². The van der Waals surface area contributed by atoms with Crippen LogP contribution in [0.2, 0.25) is 0 Å².